The van der Waals surface area contributed by atoms with Crippen LogP contribution in [0.4, 0.5) is 0 Å². The number of ketones is 1. The molecule has 1 atom stereocenters. The fourth-order valence-electron chi connectivity index (χ4n) is 2.40. The van der Waals surface area contributed by atoms with Gasteiger partial charge in [0.15, 0.2) is 0 Å². The van der Waals surface area contributed by atoms with Crippen molar-refractivity contribution in [2.75, 3.05) is 13.2 Å². The molecule has 0 aliphatic rings. The zero-order valence-corrected chi connectivity index (χ0v) is 16.5. The molecule has 0 spiro atoms. The van der Waals surface area contributed by atoms with Crippen LogP contribution >= 0.6 is 0 Å². The number of rotatable bonds is 15. The van der Waals surface area contributed by atoms with Gasteiger partial charge in [0.2, 0.25) is 0 Å². The van der Waals surface area contributed by atoms with Crippen LogP contribution in [-0.4, -0.2) is 30.6 Å². The van der Waals surface area contributed by atoms with Crippen LogP contribution in [0.3, 0.4) is 0 Å². The summed E-state index contributed by atoms with van der Waals surface area (Å²) < 4.78 is 11.1. The minimum Gasteiger partial charge on any atom is -0.466 e. The van der Waals surface area contributed by atoms with Crippen LogP contribution in [0.1, 0.15) is 92.4 Å². The van der Waals surface area contributed by atoms with E-state index in [2.05, 4.69) is 27.7 Å². The predicted molar refractivity (Wildman–Crippen MR) is 98.1 cm³/mol. The Morgan fingerprint density at radius 2 is 1.67 bits per heavy atom. The molecule has 1 unspecified atom stereocenters. The lowest BCUT2D eigenvalue weighted by Gasteiger charge is -2.23. The predicted octanol–water partition coefficient (Wildman–Crippen LogP) is 5.08. The summed E-state index contributed by atoms with van der Waals surface area (Å²) in [5.41, 5.74) is -0.00177. The number of carbonyl (C=O) groups excluding carboxylic acids is 2. The van der Waals surface area contributed by atoms with Gasteiger partial charge >= 0.3 is 5.97 Å². The number of ether oxygens (including phenoxy) is 2. The molecule has 0 aliphatic heterocycles. The second-order valence-corrected chi connectivity index (χ2v) is 7.30. The van der Waals surface area contributed by atoms with Gasteiger partial charge < -0.3 is 14.3 Å². The molecule has 0 saturated heterocycles. The van der Waals surface area contributed by atoms with Gasteiger partial charge in [0.05, 0.1) is 18.6 Å². The maximum Gasteiger partial charge on any atom is 0.306 e. The van der Waals surface area contributed by atoms with E-state index in [1.165, 1.54) is 26.2 Å². The summed E-state index contributed by atoms with van der Waals surface area (Å²) in [6.07, 6.45) is 8.25. The minimum absolute atomic E-state index is 0.00177. The summed E-state index contributed by atoms with van der Waals surface area (Å²) in [5, 5.41) is 0. The lowest BCUT2D eigenvalue weighted by molar-refractivity contribution is -0.145. The Morgan fingerprint density at radius 1 is 0.958 bits per heavy atom. The van der Waals surface area contributed by atoms with E-state index in [9.17, 15) is 9.59 Å². The Kier molecular flexibility index (Phi) is 12.9. The van der Waals surface area contributed by atoms with E-state index < -0.39 is 0 Å². The smallest absolute Gasteiger partial charge is 0.306 e. The molecule has 0 rings (SSSR count). The van der Waals surface area contributed by atoms with Crippen LogP contribution in [0.2, 0.25) is 0 Å². The highest BCUT2D eigenvalue weighted by molar-refractivity contribution is 5.80. The van der Waals surface area contributed by atoms with E-state index in [0.29, 0.717) is 12.5 Å². The van der Waals surface area contributed by atoms with E-state index >= 15 is 0 Å². The Labute approximate surface area is 148 Å². The van der Waals surface area contributed by atoms with E-state index in [0.717, 1.165) is 32.3 Å². The number of carbonyl (C=O) groups is 2. The van der Waals surface area contributed by atoms with Crippen molar-refractivity contribution in [2.45, 2.75) is 98.0 Å². The van der Waals surface area contributed by atoms with Crippen molar-refractivity contribution >= 4 is 11.8 Å². The molecular weight excluding hydrogens is 304 g/mol. The topological polar surface area (TPSA) is 52.6 Å². The first-order valence-corrected chi connectivity index (χ1v) is 9.59. The molecule has 4 nitrogen and oxygen atoms in total. The minimum atomic E-state index is -0.254. The van der Waals surface area contributed by atoms with Crippen molar-refractivity contribution in [2.24, 2.45) is 5.92 Å². The van der Waals surface area contributed by atoms with Gasteiger partial charge in [0.1, 0.15) is 5.78 Å². The van der Waals surface area contributed by atoms with Crippen LogP contribution in [0.15, 0.2) is 0 Å². The first-order valence-electron chi connectivity index (χ1n) is 9.59. The Hall–Kier alpha value is -0.900. The Bertz CT molecular complexity index is 350. The SMILES string of the molecule is CCC(CCCCCOC(C)(C)CC)CCOC(=O)CCC(C)=O. The van der Waals surface area contributed by atoms with Crippen molar-refractivity contribution in [1.82, 2.24) is 0 Å². The van der Waals surface area contributed by atoms with Crippen molar-refractivity contribution in [3.63, 3.8) is 0 Å². The molecule has 142 valence electrons. The van der Waals surface area contributed by atoms with Gasteiger partial charge in [-0.3, -0.25) is 4.79 Å². The van der Waals surface area contributed by atoms with E-state index in [1.807, 2.05) is 0 Å². The number of esters is 1. The van der Waals surface area contributed by atoms with Gasteiger partial charge in [-0.05, 0) is 46.0 Å². The zero-order chi connectivity index (χ0) is 18.4. The van der Waals surface area contributed by atoms with Crippen LogP contribution < -0.4 is 0 Å². The van der Waals surface area contributed by atoms with Gasteiger partial charge in [-0.25, -0.2) is 0 Å². The standard InChI is InChI=1S/C20H38O4/c1-6-18(14-16-23-19(22)13-12-17(3)21)11-9-8-10-15-24-20(4,5)7-2/h18H,6-16H2,1-5H3. The first kappa shape index (κ1) is 23.1. The largest absolute Gasteiger partial charge is 0.466 e. The van der Waals surface area contributed by atoms with Crippen molar-refractivity contribution < 1.29 is 19.1 Å². The number of hydrogen-bond donors (Lipinski definition) is 0. The lowest BCUT2D eigenvalue weighted by Crippen LogP contribution is -2.23. The summed E-state index contributed by atoms with van der Waals surface area (Å²) in [7, 11) is 0. The van der Waals surface area contributed by atoms with Gasteiger partial charge in [-0.1, -0.05) is 39.5 Å². The van der Waals surface area contributed by atoms with E-state index in [-0.39, 0.29) is 30.2 Å². The van der Waals surface area contributed by atoms with Gasteiger partial charge in [0.25, 0.3) is 0 Å². The van der Waals surface area contributed by atoms with Crippen LogP contribution in [-0.2, 0) is 19.1 Å². The Morgan fingerprint density at radius 3 is 2.25 bits per heavy atom. The molecule has 0 N–H and O–H groups in total. The second kappa shape index (κ2) is 13.4. The quantitative estimate of drug-likeness (QED) is 0.307. The molecule has 0 saturated carbocycles. The van der Waals surface area contributed by atoms with Gasteiger partial charge in [0, 0.05) is 13.0 Å². The number of unbranched alkanes of at least 4 members (excludes halogenated alkanes) is 2. The van der Waals surface area contributed by atoms with Crippen molar-refractivity contribution in [3.05, 3.63) is 0 Å². The fourth-order valence-corrected chi connectivity index (χ4v) is 2.40. The third kappa shape index (κ3) is 13.5. The third-order valence-corrected chi connectivity index (χ3v) is 4.65. The summed E-state index contributed by atoms with van der Waals surface area (Å²) in [6, 6.07) is 0. The summed E-state index contributed by atoms with van der Waals surface area (Å²) in [4.78, 5) is 22.3. The molecule has 0 bridgehead atoms. The van der Waals surface area contributed by atoms with Crippen molar-refractivity contribution in [1.29, 1.82) is 0 Å². The molecule has 24 heavy (non-hydrogen) atoms. The molecule has 0 aromatic heterocycles. The number of Topliss-reactive ketones (excluding diaryl/α,β-unsaturated/α-hetero) is 1. The fraction of sp³-hybridized carbons (Fsp3) is 0.900. The summed E-state index contributed by atoms with van der Waals surface area (Å²) >= 11 is 0. The van der Waals surface area contributed by atoms with Gasteiger partial charge in [-0.15, -0.1) is 0 Å². The molecule has 0 radical (unpaired) electrons. The average Bonchev–Trinajstić information content (AvgIpc) is 2.54. The first-order chi connectivity index (χ1) is 11.3. The molecule has 0 heterocycles. The maximum atomic E-state index is 11.5. The number of hydrogen-bond acceptors (Lipinski definition) is 4. The third-order valence-electron chi connectivity index (χ3n) is 4.65. The maximum absolute atomic E-state index is 11.5. The van der Waals surface area contributed by atoms with Crippen LogP contribution in [0, 0.1) is 5.92 Å². The average molecular weight is 343 g/mol. The normalized spacial score (nSPS) is 12.9. The van der Waals surface area contributed by atoms with Crippen molar-refractivity contribution in [3.8, 4) is 0 Å². The molecular formula is C20H38O4. The van der Waals surface area contributed by atoms with Crippen LogP contribution in [0.5, 0.6) is 0 Å². The zero-order valence-electron chi connectivity index (χ0n) is 16.5. The lowest BCUT2D eigenvalue weighted by atomic mass is 9.95. The Balaban J connectivity index is 3.66. The summed E-state index contributed by atoms with van der Waals surface area (Å²) in [5.74, 6) is 0.388. The second-order valence-electron chi connectivity index (χ2n) is 7.30. The van der Waals surface area contributed by atoms with E-state index in [1.54, 1.807) is 0 Å². The highest BCUT2D eigenvalue weighted by Gasteiger charge is 2.14. The molecule has 0 aliphatic carbocycles. The molecule has 0 aromatic carbocycles. The highest BCUT2D eigenvalue weighted by atomic mass is 16.5. The monoisotopic (exact) mass is 342 g/mol. The summed E-state index contributed by atoms with van der Waals surface area (Å²) in [6.45, 7) is 11.4. The molecule has 0 aromatic rings. The molecule has 0 fully saturated rings. The van der Waals surface area contributed by atoms with E-state index in [4.69, 9.17) is 9.47 Å². The van der Waals surface area contributed by atoms with Crippen LogP contribution in [0.25, 0.3) is 0 Å². The molecule has 4 heteroatoms. The highest BCUT2D eigenvalue weighted by Crippen LogP contribution is 2.19. The molecule has 0 amide bonds. The van der Waals surface area contributed by atoms with Gasteiger partial charge in [-0.2, -0.15) is 0 Å².